The molecular weight excluding hydrogens is 606 g/mol. The Bertz CT molecular complexity index is 1630. The molecule has 4 rings (SSSR count). The number of halogens is 4. The molecule has 4 aromatic rings. The summed E-state index contributed by atoms with van der Waals surface area (Å²) in [4.78, 5) is 18.9. The quantitative estimate of drug-likeness (QED) is 0.148. The summed E-state index contributed by atoms with van der Waals surface area (Å²) < 4.78 is 77.9. The minimum absolute atomic E-state index is 0.0432. The lowest BCUT2D eigenvalue weighted by atomic mass is 10.0. The predicted octanol–water partition coefficient (Wildman–Crippen LogP) is 7.01. The molecule has 8 nitrogen and oxygen atoms in total. The average Bonchev–Trinajstić information content (AvgIpc) is 3.01. The summed E-state index contributed by atoms with van der Waals surface area (Å²) in [5.41, 5.74) is 0.847. The Morgan fingerprint density at radius 3 is 2.35 bits per heavy atom. The summed E-state index contributed by atoms with van der Waals surface area (Å²) in [7, 11) is 5.20. The third-order valence-corrected chi connectivity index (χ3v) is 6.73. The van der Waals surface area contributed by atoms with Gasteiger partial charge in [0.25, 0.3) is 0 Å². The van der Waals surface area contributed by atoms with Crippen LogP contribution in [0.2, 0.25) is 0 Å². The molecule has 1 heterocycles. The van der Waals surface area contributed by atoms with Gasteiger partial charge in [-0.1, -0.05) is 24.3 Å². The molecule has 0 fully saturated rings. The van der Waals surface area contributed by atoms with Gasteiger partial charge in [0.15, 0.2) is 0 Å². The molecule has 0 unspecified atom stereocenters. The highest BCUT2D eigenvalue weighted by Gasteiger charge is 2.31. The number of carbonyl (C=O) groups excluding carboxylic acids is 1. The smallest absolute Gasteiger partial charge is 0.416 e. The molecule has 0 radical (unpaired) electrons. The van der Waals surface area contributed by atoms with E-state index in [1.54, 1.807) is 33.3 Å². The van der Waals surface area contributed by atoms with Crippen molar-refractivity contribution < 1.29 is 41.3 Å². The Morgan fingerprint density at radius 2 is 1.70 bits per heavy atom. The van der Waals surface area contributed by atoms with Gasteiger partial charge in [-0.25, -0.2) is 9.37 Å². The van der Waals surface area contributed by atoms with Crippen LogP contribution in [0, 0.1) is 5.82 Å². The fourth-order valence-electron chi connectivity index (χ4n) is 4.37. The Morgan fingerprint density at radius 1 is 0.935 bits per heavy atom. The zero-order valence-corrected chi connectivity index (χ0v) is 25.9. The van der Waals surface area contributed by atoms with E-state index in [9.17, 15) is 18.0 Å². The van der Waals surface area contributed by atoms with E-state index in [1.165, 1.54) is 24.4 Å². The first-order valence-corrected chi connectivity index (χ1v) is 14.4. The second-order valence-corrected chi connectivity index (χ2v) is 10.5. The maximum Gasteiger partial charge on any atom is 0.416 e. The molecule has 0 saturated carbocycles. The first-order chi connectivity index (χ1) is 21.9. The maximum atomic E-state index is 15.2. The van der Waals surface area contributed by atoms with Gasteiger partial charge in [-0.3, -0.25) is 4.79 Å². The zero-order valence-electron chi connectivity index (χ0n) is 25.9. The molecule has 244 valence electrons. The highest BCUT2D eigenvalue weighted by atomic mass is 19.4. The van der Waals surface area contributed by atoms with Crippen molar-refractivity contribution in [3.05, 3.63) is 95.4 Å². The fraction of sp³-hybridized carbons (Fsp3) is 0.294. The summed E-state index contributed by atoms with van der Waals surface area (Å²) in [6.07, 6.45) is -3.55. The number of hydrogen-bond acceptors (Lipinski definition) is 7. The van der Waals surface area contributed by atoms with E-state index in [0.29, 0.717) is 35.9 Å². The van der Waals surface area contributed by atoms with Gasteiger partial charge in [0.1, 0.15) is 36.3 Å². The summed E-state index contributed by atoms with van der Waals surface area (Å²) in [5, 5.41) is 2.43. The fourth-order valence-corrected chi connectivity index (χ4v) is 4.37. The SMILES string of the molecule is CCOc1cc(OCc2ccc(OC)cc2)ncc1-c1ccc(CC(=O)Nc2cc(OCCN(C)C)cc(C(F)(F)F)c2)c(F)c1. The minimum Gasteiger partial charge on any atom is -0.497 e. The van der Waals surface area contributed by atoms with E-state index in [4.69, 9.17) is 18.9 Å². The summed E-state index contributed by atoms with van der Waals surface area (Å²) in [6.45, 7) is 3.05. The normalized spacial score (nSPS) is 11.3. The van der Waals surface area contributed by atoms with Crippen molar-refractivity contribution in [3.63, 3.8) is 0 Å². The number of hydrogen-bond donors (Lipinski definition) is 1. The molecule has 0 bridgehead atoms. The van der Waals surface area contributed by atoms with Crippen LogP contribution in [0.15, 0.2) is 72.9 Å². The molecule has 1 amide bonds. The van der Waals surface area contributed by atoms with Crippen LogP contribution in [0.4, 0.5) is 23.2 Å². The number of nitrogens with zero attached hydrogens (tertiary/aromatic N) is 2. The predicted molar refractivity (Wildman–Crippen MR) is 166 cm³/mol. The van der Waals surface area contributed by atoms with Crippen LogP contribution in [0.1, 0.15) is 23.6 Å². The van der Waals surface area contributed by atoms with E-state index in [-0.39, 0.29) is 30.2 Å². The van der Waals surface area contributed by atoms with Gasteiger partial charge in [0.05, 0.1) is 25.7 Å². The highest BCUT2D eigenvalue weighted by molar-refractivity contribution is 5.92. The lowest BCUT2D eigenvalue weighted by Gasteiger charge is -2.15. The lowest BCUT2D eigenvalue weighted by molar-refractivity contribution is -0.137. The number of methoxy groups -OCH3 is 1. The monoisotopic (exact) mass is 641 g/mol. The van der Waals surface area contributed by atoms with E-state index < -0.39 is 29.9 Å². The van der Waals surface area contributed by atoms with Gasteiger partial charge in [-0.05, 0) is 68.0 Å². The van der Waals surface area contributed by atoms with Gasteiger partial charge in [0.2, 0.25) is 11.8 Å². The van der Waals surface area contributed by atoms with Gasteiger partial charge >= 0.3 is 6.18 Å². The number of ether oxygens (including phenoxy) is 4. The Balaban J connectivity index is 1.46. The van der Waals surface area contributed by atoms with Crippen molar-refractivity contribution in [1.29, 1.82) is 0 Å². The van der Waals surface area contributed by atoms with Gasteiger partial charge in [0, 0.05) is 36.1 Å². The van der Waals surface area contributed by atoms with E-state index in [2.05, 4.69) is 10.3 Å². The van der Waals surface area contributed by atoms with Crippen LogP contribution < -0.4 is 24.3 Å². The van der Waals surface area contributed by atoms with Crippen LogP contribution in [-0.4, -0.2) is 56.8 Å². The number of rotatable bonds is 14. The molecule has 0 aliphatic carbocycles. The standard InChI is InChI=1S/C34H35F4N3O5/c1-5-44-31-19-33(46-21-22-6-10-27(43-4)11-7-22)39-20-29(31)23-8-9-24(30(35)14-23)15-32(42)40-26-16-25(34(36,37)38)17-28(18-26)45-13-12-41(2)3/h6-11,14,16-20H,5,12-13,15,21H2,1-4H3,(H,40,42). The Hall–Kier alpha value is -4.84. The van der Waals surface area contributed by atoms with Gasteiger partial charge in [-0.2, -0.15) is 13.2 Å². The molecule has 1 N–H and O–H groups in total. The summed E-state index contributed by atoms with van der Waals surface area (Å²) in [5.74, 6) is 0.0676. The van der Waals surface area contributed by atoms with Crippen molar-refractivity contribution in [2.75, 3.05) is 46.3 Å². The summed E-state index contributed by atoms with van der Waals surface area (Å²) >= 11 is 0. The zero-order chi connectivity index (χ0) is 33.3. The van der Waals surface area contributed by atoms with Crippen molar-refractivity contribution in [2.45, 2.75) is 26.1 Å². The first-order valence-electron chi connectivity index (χ1n) is 14.4. The van der Waals surface area contributed by atoms with Crippen molar-refractivity contribution in [3.8, 4) is 34.3 Å². The number of pyridine rings is 1. The number of anilines is 1. The van der Waals surface area contributed by atoms with E-state index in [1.807, 2.05) is 36.1 Å². The molecule has 0 aliphatic heterocycles. The number of carbonyl (C=O) groups is 1. The molecule has 0 spiro atoms. The number of benzene rings is 3. The molecule has 0 saturated heterocycles. The van der Waals surface area contributed by atoms with Crippen molar-refractivity contribution >= 4 is 11.6 Å². The molecule has 1 aromatic heterocycles. The van der Waals surface area contributed by atoms with E-state index in [0.717, 1.165) is 23.4 Å². The second kappa shape index (κ2) is 15.4. The minimum atomic E-state index is -4.65. The van der Waals surface area contributed by atoms with Gasteiger partial charge < -0.3 is 29.2 Å². The molecule has 0 atom stereocenters. The number of aromatic nitrogens is 1. The third-order valence-electron chi connectivity index (χ3n) is 6.73. The average molecular weight is 642 g/mol. The van der Waals surface area contributed by atoms with Crippen molar-refractivity contribution in [2.24, 2.45) is 0 Å². The summed E-state index contributed by atoms with van der Waals surface area (Å²) in [6, 6.07) is 16.3. The van der Waals surface area contributed by atoms with Crippen LogP contribution in [0.25, 0.3) is 11.1 Å². The molecule has 46 heavy (non-hydrogen) atoms. The topological polar surface area (TPSA) is 82.1 Å². The van der Waals surface area contributed by atoms with Gasteiger partial charge in [-0.15, -0.1) is 0 Å². The maximum absolute atomic E-state index is 15.2. The number of alkyl halides is 3. The van der Waals surface area contributed by atoms with Crippen LogP contribution in [0.5, 0.6) is 23.1 Å². The molecule has 12 heteroatoms. The highest BCUT2D eigenvalue weighted by Crippen LogP contribution is 2.35. The largest absolute Gasteiger partial charge is 0.497 e. The van der Waals surface area contributed by atoms with Crippen LogP contribution in [-0.2, 0) is 24.0 Å². The number of likely N-dealkylation sites (N-methyl/N-ethyl adjacent to an activating group) is 1. The van der Waals surface area contributed by atoms with Crippen LogP contribution >= 0.6 is 0 Å². The Kier molecular flexibility index (Phi) is 11.4. The molecule has 3 aromatic carbocycles. The molecular formula is C34H35F4N3O5. The molecule has 0 aliphatic rings. The van der Waals surface area contributed by atoms with Crippen molar-refractivity contribution in [1.82, 2.24) is 9.88 Å². The Labute approximate surface area is 264 Å². The number of nitrogens with one attached hydrogen (secondary N) is 1. The lowest BCUT2D eigenvalue weighted by Crippen LogP contribution is -2.20. The van der Waals surface area contributed by atoms with E-state index >= 15 is 4.39 Å². The first kappa shape index (κ1) is 34.0. The number of amides is 1. The van der Waals surface area contributed by atoms with Crippen LogP contribution in [0.3, 0.4) is 0 Å². The third kappa shape index (κ3) is 9.58. The second-order valence-electron chi connectivity index (χ2n) is 10.5.